The quantitative estimate of drug-likeness (QED) is 0.213. The van der Waals surface area contributed by atoms with Crippen LogP contribution in [0.15, 0.2) is 164 Å². The van der Waals surface area contributed by atoms with Crippen molar-refractivity contribution in [3.8, 4) is 78.6 Å². The van der Waals surface area contributed by atoms with E-state index in [-0.39, 0.29) is 0 Å². The van der Waals surface area contributed by atoms with Crippen LogP contribution >= 0.6 is 0 Å². The molecule has 0 fully saturated rings. The number of nitrogens with zero attached hydrogens (tertiary/aromatic N) is 1. The molecule has 0 N–H and O–H groups in total. The zero-order valence-electron chi connectivity index (χ0n) is 23.9. The molecule has 1 aliphatic heterocycles. The minimum Gasteiger partial charge on any atom is -0.456 e. The van der Waals surface area contributed by atoms with Crippen LogP contribution in [-0.4, -0.2) is 4.98 Å². The molecular formula is C41H27NO2. The number of para-hydroxylation sites is 2. The summed E-state index contributed by atoms with van der Waals surface area (Å²) in [5.74, 6) is 3.09. The second-order valence-corrected chi connectivity index (χ2v) is 10.8. The second kappa shape index (κ2) is 11.0. The first-order valence-corrected chi connectivity index (χ1v) is 14.7. The fraction of sp³-hybridized carbons (Fsp3) is 0. The molecule has 6 aromatic carbocycles. The van der Waals surface area contributed by atoms with Gasteiger partial charge in [0.1, 0.15) is 23.0 Å². The summed E-state index contributed by atoms with van der Waals surface area (Å²) in [6.45, 7) is 0. The van der Waals surface area contributed by atoms with Crippen LogP contribution in [0, 0.1) is 0 Å². The van der Waals surface area contributed by atoms with Gasteiger partial charge in [-0.25, -0.2) is 0 Å². The first-order valence-electron chi connectivity index (χ1n) is 14.7. The minimum absolute atomic E-state index is 0.760. The van der Waals surface area contributed by atoms with Crippen LogP contribution in [0.5, 0.6) is 23.0 Å². The Hall–Kier alpha value is -5.93. The summed E-state index contributed by atoms with van der Waals surface area (Å²) in [6, 6.07) is 52.1. The van der Waals surface area contributed by atoms with Crippen molar-refractivity contribution in [3.63, 3.8) is 0 Å². The van der Waals surface area contributed by atoms with E-state index in [1.807, 2.05) is 54.7 Å². The van der Waals surface area contributed by atoms with Crippen molar-refractivity contribution in [2.24, 2.45) is 0 Å². The average molecular weight is 566 g/mol. The molecule has 0 aliphatic carbocycles. The van der Waals surface area contributed by atoms with E-state index in [0.717, 1.165) is 78.6 Å². The van der Waals surface area contributed by atoms with E-state index < -0.39 is 0 Å². The third-order valence-electron chi connectivity index (χ3n) is 8.06. The maximum absolute atomic E-state index is 7.01. The third kappa shape index (κ3) is 4.81. The SMILES string of the molecule is c1ccc(-c2ccc3c(c2)Oc2cc(-c4cccc(-c5cccnc5)c4)ccc2-c2ccccc2Oc2ccccc2-3)cc1. The van der Waals surface area contributed by atoms with E-state index in [9.17, 15) is 0 Å². The largest absolute Gasteiger partial charge is 0.456 e. The molecule has 0 bridgehead atoms. The Labute approximate surface area is 256 Å². The van der Waals surface area contributed by atoms with Crippen LogP contribution in [0.2, 0.25) is 0 Å². The van der Waals surface area contributed by atoms with Crippen LogP contribution in [-0.2, 0) is 0 Å². The van der Waals surface area contributed by atoms with E-state index in [0.29, 0.717) is 0 Å². The smallest absolute Gasteiger partial charge is 0.136 e. The highest BCUT2D eigenvalue weighted by atomic mass is 16.5. The van der Waals surface area contributed by atoms with Gasteiger partial charge in [0.05, 0.1) is 0 Å². The molecule has 0 radical (unpaired) electrons. The van der Waals surface area contributed by atoms with Gasteiger partial charge in [0.25, 0.3) is 0 Å². The standard InChI is InChI=1S/C41H27NO2/c1-2-10-28(11-3-1)31-19-21-36-34-15-4-6-17-38(34)43-39-18-7-5-16-35(39)37-22-20-32(26-41(37)44-40(36)25-31)29-12-8-13-30(24-29)33-14-9-23-42-27-33/h1-27H. The van der Waals surface area contributed by atoms with Crippen molar-refractivity contribution in [1.82, 2.24) is 4.98 Å². The summed E-state index contributed by atoms with van der Waals surface area (Å²) >= 11 is 0. The van der Waals surface area contributed by atoms with Crippen LogP contribution in [0.3, 0.4) is 0 Å². The number of pyridine rings is 1. The van der Waals surface area contributed by atoms with Crippen LogP contribution < -0.4 is 9.47 Å². The fourth-order valence-corrected chi connectivity index (χ4v) is 5.85. The minimum atomic E-state index is 0.760. The Morgan fingerprint density at radius 1 is 0.318 bits per heavy atom. The Morgan fingerprint density at radius 2 is 0.795 bits per heavy atom. The third-order valence-corrected chi connectivity index (χ3v) is 8.06. The number of benzene rings is 6. The summed E-state index contributed by atoms with van der Waals surface area (Å²) in [7, 11) is 0. The van der Waals surface area contributed by atoms with Crippen molar-refractivity contribution in [1.29, 1.82) is 0 Å². The van der Waals surface area contributed by atoms with Gasteiger partial charge in [-0.15, -0.1) is 0 Å². The highest BCUT2D eigenvalue weighted by molar-refractivity contribution is 5.85. The maximum atomic E-state index is 7.01. The van der Waals surface area contributed by atoms with Crippen LogP contribution in [0.25, 0.3) is 55.6 Å². The van der Waals surface area contributed by atoms with Gasteiger partial charge in [-0.05, 0) is 76.3 Å². The Balaban J connectivity index is 1.33. The first-order chi connectivity index (χ1) is 21.8. The van der Waals surface area contributed by atoms with E-state index in [2.05, 4.69) is 108 Å². The predicted octanol–water partition coefficient (Wildman–Crippen LogP) is 11.3. The molecule has 0 unspecified atom stereocenters. The normalized spacial score (nSPS) is 11.5. The van der Waals surface area contributed by atoms with E-state index in [4.69, 9.17) is 9.47 Å². The molecule has 0 amide bonds. The summed E-state index contributed by atoms with van der Waals surface area (Å²) in [5, 5.41) is 0. The molecule has 0 atom stereocenters. The molecule has 0 spiro atoms. The maximum Gasteiger partial charge on any atom is 0.136 e. The number of aromatic nitrogens is 1. The monoisotopic (exact) mass is 565 g/mol. The molecule has 8 rings (SSSR count). The molecule has 0 saturated carbocycles. The zero-order valence-corrected chi connectivity index (χ0v) is 23.9. The van der Waals surface area contributed by atoms with E-state index >= 15 is 0 Å². The summed E-state index contributed by atoms with van der Waals surface area (Å²) in [4.78, 5) is 4.31. The van der Waals surface area contributed by atoms with Gasteiger partial charge in [-0.2, -0.15) is 0 Å². The lowest BCUT2D eigenvalue weighted by molar-refractivity contribution is 0.472. The molecule has 1 aromatic heterocycles. The predicted molar refractivity (Wildman–Crippen MR) is 178 cm³/mol. The summed E-state index contributed by atoms with van der Waals surface area (Å²) in [5.41, 5.74) is 10.4. The molecule has 7 aromatic rings. The Kier molecular flexibility index (Phi) is 6.47. The highest BCUT2D eigenvalue weighted by Crippen LogP contribution is 2.48. The highest BCUT2D eigenvalue weighted by Gasteiger charge is 2.21. The molecule has 208 valence electrons. The number of hydrogen-bond acceptors (Lipinski definition) is 3. The molecule has 3 heteroatoms. The number of rotatable bonds is 3. The number of hydrogen-bond donors (Lipinski definition) is 0. The van der Waals surface area contributed by atoms with Gasteiger partial charge in [-0.3, -0.25) is 4.98 Å². The van der Waals surface area contributed by atoms with Gasteiger partial charge in [-0.1, -0.05) is 103 Å². The van der Waals surface area contributed by atoms with E-state index in [1.54, 1.807) is 6.20 Å². The zero-order chi connectivity index (χ0) is 29.3. The summed E-state index contributed by atoms with van der Waals surface area (Å²) in [6.07, 6.45) is 3.69. The lowest BCUT2D eigenvalue weighted by Crippen LogP contribution is -1.98. The molecular weight excluding hydrogens is 538 g/mol. The fourth-order valence-electron chi connectivity index (χ4n) is 5.85. The first kappa shape index (κ1) is 25.8. The molecule has 0 saturated heterocycles. The summed E-state index contributed by atoms with van der Waals surface area (Å²) < 4.78 is 13.7. The molecule has 3 nitrogen and oxygen atoms in total. The van der Waals surface area contributed by atoms with E-state index in [1.165, 1.54) is 0 Å². The average Bonchev–Trinajstić information content (AvgIpc) is 3.10. The van der Waals surface area contributed by atoms with Crippen LogP contribution in [0.1, 0.15) is 0 Å². The van der Waals surface area contributed by atoms with Crippen molar-refractivity contribution in [2.75, 3.05) is 0 Å². The molecule has 2 heterocycles. The van der Waals surface area contributed by atoms with Gasteiger partial charge in [0.2, 0.25) is 0 Å². The Bertz CT molecular complexity index is 2120. The number of fused-ring (bicyclic) bond motifs is 6. The van der Waals surface area contributed by atoms with Crippen LogP contribution in [0.4, 0.5) is 0 Å². The lowest BCUT2D eigenvalue weighted by Gasteiger charge is -2.22. The van der Waals surface area contributed by atoms with Crippen molar-refractivity contribution >= 4 is 0 Å². The van der Waals surface area contributed by atoms with Gasteiger partial charge in [0.15, 0.2) is 0 Å². The molecule has 1 aliphatic rings. The topological polar surface area (TPSA) is 31.4 Å². The molecule has 44 heavy (non-hydrogen) atoms. The van der Waals surface area contributed by atoms with Crippen molar-refractivity contribution in [3.05, 3.63) is 164 Å². The van der Waals surface area contributed by atoms with Gasteiger partial charge >= 0.3 is 0 Å². The van der Waals surface area contributed by atoms with Crippen molar-refractivity contribution < 1.29 is 9.47 Å². The number of ether oxygens (including phenoxy) is 2. The second-order valence-electron chi connectivity index (χ2n) is 10.8. The van der Waals surface area contributed by atoms with Gasteiger partial charge in [0, 0.05) is 40.2 Å². The lowest BCUT2D eigenvalue weighted by atomic mass is 9.95. The Morgan fingerprint density at radius 3 is 1.43 bits per heavy atom. The van der Waals surface area contributed by atoms with Gasteiger partial charge < -0.3 is 9.47 Å². The van der Waals surface area contributed by atoms with Crippen molar-refractivity contribution in [2.45, 2.75) is 0 Å².